The van der Waals surface area contributed by atoms with E-state index in [9.17, 15) is 14.9 Å². The van der Waals surface area contributed by atoms with E-state index in [4.69, 9.17) is 10.5 Å². The van der Waals surface area contributed by atoms with E-state index in [1.807, 2.05) is 11.0 Å². The molecule has 2 amide bonds. The van der Waals surface area contributed by atoms with Crippen molar-refractivity contribution >= 4 is 17.5 Å². The van der Waals surface area contributed by atoms with Crippen LogP contribution in [0.5, 0.6) is 5.75 Å². The summed E-state index contributed by atoms with van der Waals surface area (Å²) >= 11 is 0. The largest absolute Gasteiger partial charge is 0.497 e. The number of carbonyl (C=O) groups excluding carboxylic acids is 2. The van der Waals surface area contributed by atoms with E-state index in [1.165, 1.54) is 6.20 Å². The zero-order valence-electron chi connectivity index (χ0n) is 13.5. The molecule has 7 nitrogen and oxygen atoms in total. The normalized spacial score (nSPS) is 15.5. The molecule has 24 heavy (non-hydrogen) atoms. The van der Waals surface area contributed by atoms with E-state index in [0.717, 1.165) is 0 Å². The average molecular weight is 328 g/mol. The summed E-state index contributed by atoms with van der Waals surface area (Å²) in [5.74, 6) is -0.217. The van der Waals surface area contributed by atoms with Crippen LogP contribution >= 0.6 is 0 Å². The molecule has 1 fully saturated rings. The number of rotatable bonds is 5. The second-order valence-electron chi connectivity index (χ2n) is 5.55. The lowest BCUT2D eigenvalue weighted by molar-refractivity contribution is -0.123. The Bertz CT molecular complexity index is 668. The topological polar surface area (TPSA) is 108 Å². The van der Waals surface area contributed by atoms with E-state index in [2.05, 4.69) is 5.32 Å². The molecule has 0 aliphatic carbocycles. The first-order valence-electron chi connectivity index (χ1n) is 7.64. The molecule has 1 aromatic carbocycles. The minimum Gasteiger partial charge on any atom is -0.497 e. The lowest BCUT2D eigenvalue weighted by Gasteiger charge is -2.29. The molecule has 0 atom stereocenters. The number of amides is 2. The number of benzene rings is 1. The Morgan fingerprint density at radius 2 is 1.96 bits per heavy atom. The number of methoxy groups -OCH3 is 1. The van der Waals surface area contributed by atoms with Crippen LogP contribution in [0.3, 0.4) is 0 Å². The number of nitriles is 1. The fraction of sp³-hybridized carbons (Fsp3) is 0.353. The Labute approximate surface area is 140 Å². The van der Waals surface area contributed by atoms with Crippen molar-refractivity contribution in [3.05, 3.63) is 36.0 Å². The lowest BCUT2D eigenvalue weighted by Crippen LogP contribution is -2.36. The summed E-state index contributed by atoms with van der Waals surface area (Å²) in [6.45, 7) is 1.18. The monoisotopic (exact) mass is 328 g/mol. The van der Waals surface area contributed by atoms with Gasteiger partial charge in [0.25, 0.3) is 5.91 Å². The molecule has 1 aliphatic rings. The van der Waals surface area contributed by atoms with Crippen LogP contribution in [0.1, 0.15) is 12.8 Å². The van der Waals surface area contributed by atoms with Crippen LogP contribution in [-0.4, -0.2) is 36.9 Å². The van der Waals surface area contributed by atoms with Gasteiger partial charge in [0, 0.05) is 30.9 Å². The van der Waals surface area contributed by atoms with Gasteiger partial charge >= 0.3 is 0 Å². The molecule has 126 valence electrons. The number of hydrogen-bond donors (Lipinski definition) is 2. The van der Waals surface area contributed by atoms with Crippen molar-refractivity contribution in [1.29, 1.82) is 5.26 Å². The highest BCUT2D eigenvalue weighted by Crippen LogP contribution is 2.18. The number of anilines is 1. The number of likely N-dealkylation sites (tertiary alicyclic amines) is 1. The van der Waals surface area contributed by atoms with Crippen LogP contribution in [0.15, 0.2) is 36.0 Å². The first-order chi connectivity index (χ1) is 11.5. The van der Waals surface area contributed by atoms with Gasteiger partial charge in [-0.15, -0.1) is 0 Å². The summed E-state index contributed by atoms with van der Waals surface area (Å²) in [7, 11) is 1.56. The van der Waals surface area contributed by atoms with Crippen molar-refractivity contribution in [2.75, 3.05) is 25.5 Å². The maximum absolute atomic E-state index is 12.2. The van der Waals surface area contributed by atoms with Crippen molar-refractivity contribution in [3.63, 3.8) is 0 Å². The summed E-state index contributed by atoms with van der Waals surface area (Å²) in [6.07, 6.45) is 2.80. The second kappa shape index (κ2) is 8.02. The molecule has 1 aromatic rings. The van der Waals surface area contributed by atoms with Crippen LogP contribution in [-0.2, 0) is 9.59 Å². The zero-order chi connectivity index (χ0) is 17.5. The fourth-order valence-corrected chi connectivity index (χ4v) is 2.51. The smallest absolute Gasteiger partial charge is 0.267 e. The Kier molecular flexibility index (Phi) is 5.79. The van der Waals surface area contributed by atoms with Gasteiger partial charge in [-0.25, -0.2) is 0 Å². The molecule has 0 aromatic heterocycles. The van der Waals surface area contributed by atoms with Gasteiger partial charge in [0.05, 0.1) is 7.11 Å². The standard InChI is InChI=1S/C17H20N4O3/c1-24-15-4-2-14(3-5-15)20-17(23)13(10-18)11-21-8-6-12(7-9-21)16(19)22/h2-5,11-12H,6-9H2,1H3,(H2,19,22)(H,20,23)/b13-11-. The Morgan fingerprint density at radius 1 is 1.33 bits per heavy atom. The number of primary amides is 1. The van der Waals surface area contributed by atoms with Crippen molar-refractivity contribution in [2.45, 2.75) is 12.8 Å². The highest BCUT2D eigenvalue weighted by atomic mass is 16.5. The highest BCUT2D eigenvalue weighted by molar-refractivity contribution is 6.06. The summed E-state index contributed by atoms with van der Waals surface area (Å²) < 4.78 is 5.05. The molecule has 1 saturated heterocycles. The molecule has 0 spiro atoms. The highest BCUT2D eigenvalue weighted by Gasteiger charge is 2.22. The van der Waals surface area contributed by atoms with Gasteiger partial charge < -0.3 is 20.7 Å². The van der Waals surface area contributed by atoms with Crippen LogP contribution in [0.2, 0.25) is 0 Å². The molecular weight excluding hydrogens is 308 g/mol. The Balaban J connectivity index is 1.98. The Morgan fingerprint density at radius 3 is 2.46 bits per heavy atom. The van der Waals surface area contributed by atoms with Crippen molar-refractivity contribution < 1.29 is 14.3 Å². The molecule has 7 heteroatoms. The molecule has 0 bridgehead atoms. The minimum absolute atomic E-state index is 0.0170. The molecule has 0 saturated carbocycles. The van der Waals surface area contributed by atoms with Crippen LogP contribution < -0.4 is 15.8 Å². The predicted octanol–water partition coefficient (Wildman–Crippen LogP) is 1.24. The number of hydrogen-bond acceptors (Lipinski definition) is 5. The summed E-state index contributed by atoms with van der Waals surface area (Å²) in [5.41, 5.74) is 5.89. The third kappa shape index (κ3) is 4.49. The van der Waals surface area contributed by atoms with E-state index >= 15 is 0 Å². The molecule has 2 rings (SSSR count). The van der Waals surface area contributed by atoms with Gasteiger partial charge in [-0.3, -0.25) is 9.59 Å². The third-order valence-electron chi connectivity index (χ3n) is 3.96. The zero-order valence-corrected chi connectivity index (χ0v) is 13.5. The number of ether oxygens (including phenoxy) is 1. The third-order valence-corrected chi connectivity index (χ3v) is 3.96. The summed E-state index contributed by atoms with van der Waals surface area (Å²) in [6, 6.07) is 8.76. The van der Waals surface area contributed by atoms with Gasteiger partial charge in [-0.05, 0) is 37.1 Å². The molecule has 1 heterocycles. The first-order valence-corrected chi connectivity index (χ1v) is 7.64. The van der Waals surface area contributed by atoms with Gasteiger partial charge in [-0.2, -0.15) is 5.26 Å². The number of nitrogens with two attached hydrogens (primary N) is 1. The molecule has 0 unspecified atom stereocenters. The lowest BCUT2D eigenvalue weighted by atomic mass is 9.96. The van der Waals surface area contributed by atoms with Crippen molar-refractivity contribution in [3.8, 4) is 11.8 Å². The number of nitrogens with zero attached hydrogens (tertiary/aromatic N) is 2. The number of piperidine rings is 1. The minimum atomic E-state index is -0.473. The van der Waals surface area contributed by atoms with Gasteiger partial charge in [0.2, 0.25) is 5.91 Å². The van der Waals surface area contributed by atoms with Crippen molar-refractivity contribution in [2.24, 2.45) is 11.7 Å². The number of carbonyl (C=O) groups is 2. The molecule has 3 N–H and O–H groups in total. The second-order valence-corrected chi connectivity index (χ2v) is 5.55. The number of nitrogens with one attached hydrogen (secondary N) is 1. The average Bonchev–Trinajstić information content (AvgIpc) is 2.60. The van der Waals surface area contributed by atoms with Crippen LogP contribution in [0.4, 0.5) is 5.69 Å². The van der Waals surface area contributed by atoms with E-state index in [-0.39, 0.29) is 17.4 Å². The maximum Gasteiger partial charge on any atom is 0.267 e. The van der Waals surface area contributed by atoms with E-state index < -0.39 is 5.91 Å². The summed E-state index contributed by atoms with van der Waals surface area (Å²) in [4.78, 5) is 25.2. The SMILES string of the molecule is COc1ccc(NC(=O)/C(C#N)=C\N2CCC(C(N)=O)CC2)cc1. The maximum atomic E-state index is 12.2. The molecule has 1 aliphatic heterocycles. The Hall–Kier alpha value is -3.01. The van der Waals surface area contributed by atoms with Gasteiger partial charge in [-0.1, -0.05) is 0 Å². The summed E-state index contributed by atoms with van der Waals surface area (Å²) in [5, 5.41) is 11.9. The van der Waals surface area contributed by atoms with Crippen LogP contribution in [0.25, 0.3) is 0 Å². The van der Waals surface area contributed by atoms with Crippen LogP contribution in [0, 0.1) is 17.2 Å². The fourth-order valence-electron chi connectivity index (χ4n) is 2.51. The molecular formula is C17H20N4O3. The van der Waals surface area contributed by atoms with E-state index in [1.54, 1.807) is 31.4 Å². The van der Waals surface area contributed by atoms with Crippen molar-refractivity contribution in [1.82, 2.24) is 4.90 Å². The van der Waals surface area contributed by atoms with E-state index in [0.29, 0.717) is 37.4 Å². The predicted molar refractivity (Wildman–Crippen MR) is 88.8 cm³/mol. The van der Waals surface area contributed by atoms with Gasteiger partial charge in [0.1, 0.15) is 17.4 Å². The quantitative estimate of drug-likeness (QED) is 0.624. The van der Waals surface area contributed by atoms with Gasteiger partial charge in [0.15, 0.2) is 0 Å². The molecule has 0 radical (unpaired) electrons. The first kappa shape index (κ1) is 17.3.